The molecule has 0 saturated carbocycles. The molecule has 0 bridgehead atoms. The van der Waals surface area contributed by atoms with Crippen LogP contribution in [0.15, 0.2) is 12.1 Å². The summed E-state index contributed by atoms with van der Waals surface area (Å²) in [6.45, 7) is 2.21. The van der Waals surface area contributed by atoms with E-state index in [1.165, 1.54) is 32.1 Å². The van der Waals surface area contributed by atoms with Crippen LogP contribution in [-0.4, -0.2) is 22.4 Å². The van der Waals surface area contributed by atoms with Crippen molar-refractivity contribution < 1.29 is 9.84 Å². The molecule has 102 valence electrons. The van der Waals surface area contributed by atoms with Crippen LogP contribution in [0, 0.1) is 0 Å². The zero-order valence-electron chi connectivity index (χ0n) is 11.4. The molecule has 0 aliphatic carbocycles. The Labute approximate surface area is 109 Å². The van der Waals surface area contributed by atoms with Gasteiger partial charge in [-0.1, -0.05) is 45.4 Å². The molecular formula is C14H24N2O2. The third kappa shape index (κ3) is 5.45. The van der Waals surface area contributed by atoms with Crippen molar-refractivity contribution in [1.82, 2.24) is 10.2 Å². The molecule has 1 aromatic rings. The van der Waals surface area contributed by atoms with E-state index in [0.29, 0.717) is 11.6 Å². The fourth-order valence-corrected chi connectivity index (χ4v) is 1.88. The van der Waals surface area contributed by atoms with Crippen LogP contribution in [0.25, 0.3) is 0 Å². The molecule has 0 saturated heterocycles. The van der Waals surface area contributed by atoms with Crippen LogP contribution in [0.4, 0.5) is 0 Å². The van der Waals surface area contributed by atoms with E-state index >= 15 is 0 Å². The van der Waals surface area contributed by atoms with Crippen LogP contribution >= 0.6 is 0 Å². The molecule has 0 spiro atoms. The van der Waals surface area contributed by atoms with Gasteiger partial charge in [0.2, 0.25) is 5.88 Å². The average molecular weight is 252 g/mol. The first-order chi connectivity index (χ1) is 8.77. The highest BCUT2D eigenvalue weighted by atomic mass is 16.5. The zero-order valence-corrected chi connectivity index (χ0v) is 11.4. The van der Waals surface area contributed by atoms with Gasteiger partial charge in [-0.05, 0) is 12.5 Å². The van der Waals surface area contributed by atoms with Gasteiger partial charge < -0.3 is 9.84 Å². The number of ether oxygens (including phenoxy) is 1. The Morgan fingerprint density at radius 1 is 1.11 bits per heavy atom. The Morgan fingerprint density at radius 3 is 2.44 bits per heavy atom. The zero-order chi connectivity index (χ0) is 13.2. The van der Waals surface area contributed by atoms with E-state index in [9.17, 15) is 5.11 Å². The number of hydrogen-bond donors (Lipinski definition) is 1. The van der Waals surface area contributed by atoms with E-state index in [0.717, 1.165) is 12.8 Å². The molecule has 1 N–H and O–H groups in total. The van der Waals surface area contributed by atoms with E-state index in [1.54, 1.807) is 19.2 Å². The number of aromatic nitrogens is 2. The standard InChI is InChI=1S/C14H24N2O2/c1-3-4-5-6-7-8-9-13(17)12-10-11-14(18-2)16-15-12/h10-11,13,17H,3-9H2,1-2H3. The molecule has 18 heavy (non-hydrogen) atoms. The molecule has 1 atom stereocenters. The van der Waals surface area contributed by atoms with Crippen molar-refractivity contribution in [3.8, 4) is 5.88 Å². The first kappa shape index (κ1) is 14.9. The highest BCUT2D eigenvalue weighted by Crippen LogP contribution is 2.19. The largest absolute Gasteiger partial charge is 0.480 e. The molecule has 0 aromatic carbocycles. The van der Waals surface area contributed by atoms with Crippen LogP contribution in [-0.2, 0) is 0 Å². The summed E-state index contributed by atoms with van der Waals surface area (Å²) in [5.74, 6) is 0.477. The lowest BCUT2D eigenvalue weighted by molar-refractivity contribution is 0.157. The van der Waals surface area contributed by atoms with E-state index in [2.05, 4.69) is 17.1 Å². The van der Waals surface area contributed by atoms with Gasteiger partial charge in [0.15, 0.2) is 0 Å². The summed E-state index contributed by atoms with van der Waals surface area (Å²) in [6.07, 6.45) is 7.61. The number of aliphatic hydroxyl groups excluding tert-OH is 1. The molecule has 1 aromatic heterocycles. The van der Waals surface area contributed by atoms with Crippen molar-refractivity contribution in [2.24, 2.45) is 0 Å². The number of nitrogens with zero attached hydrogens (tertiary/aromatic N) is 2. The highest BCUT2D eigenvalue weighted by molar-refractivity contribution is 5.12. The lowest BCUT2D eigenvalue weighted by atomic mass is 10.1. The first-order valence-corrected chi connectivity index (χ1v) is 6.83. The minimum atomic E-state index is -0.505. The maximum atomic E-state index is 9.94. The lowest BCUT2D eigenvalue weighted by Gasteiger charge is -2.09. The molecule has 0 aliphatic heterocycles. The van der Waals surface area contributed by atoms with Crippen molar-refractivity contribution in [3.63, 3.8) is 0 Å². The monoisotopic (exact) mass is 252 g/mol. The second-order valence-corrected chi connectivity index (χ2v) is 4.57. The van der Waals surface area contributed by atoms with Crippen molar-refractivity contribution in [1.29, 1.82) is 0 Å². The number of unbranched alkanes of at least 4 members (excludes halogenated alkanes) is 5. The van der Waals surface area contributed by atoms with E-state index in [1.807, 2.05) is 0 Å². The lowest BCUT2D eigenvalue weighted by Crippen LogP contribution is -2.02. The molecule has 1 heterocycles. The van der Waals surface area contributed by atoms with Crippen LogP contribution in [0.2, 0.25) is 0 Å². The summed E-state index contributed by atoms with van der Waals surface area (Å²) in [6, 6.07) is 3.50. The van der Waals surface area contributed by atoms with Gasteiger partial charge in [-0.15, -0.1) is 10.2 Å². The summed E-state index contributed by atoms with van der Waals surface area (Å²) in [5, 5.41) is 17.8. The van der Waals surface area contributed by atoms with Crippen molar-refractivity contribution >= 4 is 0 Å². The van der Waals surface area contributed by atoms with E-state index in [-0.39, 0.29) is 0 Å². The fourth-order valence-electron chi connectivity index (χ4n) is 1.88. The van der Waals surface area contributed by atoms with E-state index < -0.39 is 6.10 Å². The van der Waals surface area contributed by atoms with Crippen LogP contribution < -0.4 is 4.74 Å². The SMILES string of the molecule is CCCCCCCCC(O)c1ccc(OC)nn1. The molecule has 4 heteroatoms. The molecular weight excluding hydrogens is 228 g/mol. The van der Waals surface area contributed by atoms with Crippen LogP contribution in [0.5, 0.6) is 5.88 Å². The number of rotatable bonds is 9. The molecule has 1 rings (SSSR count). The summed E-state index contributed by atoms with van der Waals surface area (Å²) in [7, 11) is 1.55. The third-order valence-corrected chi connectivity index (χ3v) is 3.04. The average Bonchev–Trinajstić information content (AvgIpc) is 2.42. The predicted octanol–water partition coefficient (Wildman–Crippen LogP) is 3.27. The minimum Gasteiger partial charge on any atom is -0.480 e. The molecule has 0 fully saturated rings. The minimum absolute atomic E-state index is 0.477. The second-order valence-electron chi connectivity index (χ2n) is 4.57. The summed E-state index contributed by atoms with van der Waals surface area (Å²) in [5.41, 5.74) is 0.629. The predicted molar refractivity (Wildman–Crippen MR) is 71.5 cm³/mol. The normalized spacial score (nSPS) is 12.4. The van der Waals surface area contributed by atoms with Crippen molar-refractivity contribution in [2.45, 2.75) is 58.0 Å². The van der Waals surface area contributed by atoms with Crippen LogP contribution in [0.3, 0.4) is 0 Å². The van der Waals surface area contributed by atoms with Gasteiger partial charge in [0.25, 0.3) is 0 Å². The van der Waals surface area contributed by atoms with Gasteiger partial charge in [0.05, 0.1) is 18.9 Å². The van der Waals surface area contributed by atoms with Gasteiger partial charge in [0.1, 0.15) is 0 Å². The summed E-state index contributed by atoms with van der Waals surface area (Å²) in [4.78, 5) is 0. The van der Waals surface area contributed by atoms with Crippen molar-refractivity contribution in [3.05, 3.63) is 17.8 Å². The first-order valence-electron chi connectivity index (χ1n) is 6.83. The Bertz CT molecular complexity index is 314. The quantitative estimate of drug-likeness (QED) is 0.685. The molecule has 1 unspecified atom stereocenters. The van der Waals surface area contributed by atoms with Crippen LogP contribution in [0.1, 0.15) is 63.7 Å². The number of hydrogen-bond acceptors (Lipinski definition) is 4. The topological polar surface area (TPSA) is 55.2 Å². The summed E-state index contributed by atoms with van der Waals surface area (Å²) >= 11 is 0. The number of methoxy groups -OCH3 is 1. The van der Waals surface area contributed by atoms with Gasteiger partial charge in [-0.2, -0.15) is 0 Å². The fraction of sp³-hybridized carbons (Fsp3) is 0.714. The smallest absolute Gasteiger partial charge is 0.233 e. The number of aliphatic hydroxyl groups is 1. The third-order valence-electron chi connectivity index (χ3n) is 3.04. The Balaban J connectivity index is 2.21. The van der Waals surface area contributed by atoms with Gasteiger partial charge in [-0.3, -0.25) is 0 Å². The molecule has 0 amide bonds. The summed E-state index contributed by atoms with van der Waals surface area (Å²) < 4.78 is 4.93. The molecule has 4 nitrogen and oxygen atoms in total. The maximum absolute atomic E-state index is 9.94. The molecule has 0 aliphatic rings. The van der Waals surface area contributed by atoms with Crippen molar-refractivity contribution in [2.75, 3.05) is 7.11 Å². The van der Waals surface area contributed by atoms with Gasteiger partial charge in [-0.25, -0.2) is 0 Å². The highest BCUT2D eigenvalue weighted by Gasteiger charge is 2.09. The second kappa shape index (κ2) is 8.86. The molecule has 0 radical (unpaired) electrons. The Kier molecular flexibility index (Phi) is 7.34. The van der Waals surface area contributed by atoms with Gasteiger partial charge in [0, 0.05) is 6.07 Å². The Hall–Kier alpha value is -1.16. The Morgan fingerprint density at radius 2 is 1.83 bits per heavy atom. The maximum Gasteiger partial charge on any atom is 0.233 e. The van der Waals surface area contributed by atoms with E-state index in [4.69, 9.17) is 4.74 Å². The van der Waals surface area contributed by atoms with Gasteiger partial charge >= 0.3 is 0 Å².